The average Bonchev–Trinajstić information content (AvgIpc) is 3.25. The van der Waals surface area contributed by atoms with Crippen molar-refractivity contribution in [1.29, 1.82) is 0 Å². The molecule has 1 saturated heterocycles. The molecular formula is C23H23N5O3S2. The Labute approximate surface area is 195 Å². The van der Waals surface area contributed by atoms with Gasteiger partial charge >= 0.3 is 0 Å². The molecule has 0 unspecified atom stereocenters. The maximum absolute atomic E-state index is 13.0. The lowest BCUT2D eigenvalue weighted by Gasteiger charge is -2.34. The molecule has 0 radical (unpaired) electrons. The van der Waals surface area contributed by atoms with Crippen LogP contribution >= 0.6 is 11.3 Å². The van der Waals surface area contributed by atoms with Gasteiger partial charge in [-0.05, 0) is 18.6 Å². The zero-order valence-corrected chi connectivity index (χ0v) is 19.7. The molecule has 2 aromatic carbocycles. The highest BCUT2D eigenvalue weighted by atomic mass is 32.2. The molecule has 3 heterocycles. The fourth-order valence-corrected chi connectivity index (χ4v) is 6.55. The zero-order valence-electron chi connectivity index (χ0n) is 18.1. The quantitative estimate of drug-likeness (QED) is 0.436. The monoisotopic (exact) mass is 481 g/mol. The summed E-state index contributed by atoms with van der Waals surface area (Å²) in [6.07, 6.45) is 0. The number of hydrogen-bond donors (Lipinski definition) is 0. The second-order valence-corrected chi connectivity index (χ2v) is 10.9. The van der Waals surface area contributed by atoms with Crippen LogP contribution in [0.4, 0.5) is 0 Å². The zero-order chi connectivity index (χ0) is 23.0. The van der Waals surface area contributed by atoms with Crippen molar-refractivity contribution in [3.63, 3.8) is 0 Å². The predicted molar refractivity (Wildman–Crippen MR) is 128 cm³/mol. The lowest BCUT2D eigenvalue weighted by atomic mass is 10.2. The number of aryl methyl sites for hydroxylation is 1. The van der Waals surface area contributed by atoms with E-state index in [0.717, 1.165) is 16.1 Å². The lowest BCUT2D eigenvalue weighted by molar-refractivity contribution is 0.180. The third kappa shape index (κ3) is 4.34. The molecule has 10 heteroatoms. The minimum atomic E-state index is -3.52. The first-order valence-corrected chi connectivity index (χ1v) is 12.9. The Morgan fingerprint density at radius 3 is 2.39 bits per heavy atom. The van der Waals surface area contributed by atoms with Gasteiger partial charge in [-0.3, -0.25) is 9.69 Å². The molecule has 0 N–H and O–H groups in total. The van der Waals surface area contributed by atoms with Crippen molar-refractivity contribution in [3.8, 4) is 10.6 Å². The molecule has 1 aliphatic heterocycles. The van der Waals surface area contributed by atoms with Crippen LogP contribution in [0.3, 0.4) is 0 Å². The van der Waals surface area contributed by atoms with E-state index < -0.39 is 10.0 Å². The Hall–Kier alpha value is -2.92. The number of nitrogens with zero attached hydrogens (tertiary/aromatic N) is 5. The average molecular weight is 482 g/mol. The molecule has 1 aliphatic rings. The summed E-state index contributed by atoms with van der Waals surface area (Å²) in [6.45, 7) is 4.25. The van der Waals surface area contributed by atoms with E-state index >= 15 is 0 Å². The molecule has 33 heavy (non-hydrogen) atoms. The molecule has 0 saturated carbocycles. The summed E-state index contributed by atoms with van der Waals surface area (Å²) in [5.74, 6) is 0. The van der Waals surface area contributed by atoms with E-state index in [2.05, 4.69) is 15.0 Å². The first-order chi connectivity index (χ1) is 15.9. The number of hydrogen-bond acceptors (Lipinski definition) is 7. The molecule has 8 nitrogen and oxygen atoms in total. The van der Waals surface area contributed by atoms with Gasteiger partial charge in [0, 0.05) is 44.4 Å². The van der Waals surface area contributed by atoms with Crippen molar-refractivity contribution < 1.29 is 8.42 Å². The minimum Gasteiger partial charge on any atom is -0.295 e. The summed E-state index contributed by atoms with van der Waals surface area (Å²) in [5.41, 5.74) is 2.14. The lowest BCUT2D eigenvalue weighted by Crippen LogP contribution is -2.48. The number of aromatic nitrogens is 3. The third-order valence-corrected chi connectivity index (χ3v) is 8.76. The Kier molecular flexibility index (Phi) is 5.83. The summed E-state index contributed by atoms with van der Waals surface area (Å²) in [7, 11) is -3.52. The van der Waals surface area contributed by atoms with Gasteiger partial charge in [-0.1, -0.05) is 59.9 Å². The third-order valence-electron chi connectivity index (χ3n) is 5.75. The van der Waals surface area contributed by atoms with E-state index in [0.29, 0.717) is 48.3 Å². The van der Waals surface area contributed by atoms with Crippen molar-refractivity contribution in [1.82, 2.24) is 23.8 Å². The summed E-state index contributed by atoms with van der Waals surface area (Å²) in [5, 5.41) is 5.16. The van der Waals surface area contributed by atoms with Crippen LogP contribution in [0.1, 0.15) is 11.3 Å². The molecule has 0 atom stereocenters. The predicted octanol–water partition coefficient (Wildman–Crippen LogP) is 2.63. The first-order valence-electron chi connectivity index (χ1n) is 10.7. The Morgan fingerprint density at radius 1 is 0.970 bits per heavy atom. The van der Waals surface area contributed by atoms with E-state index in [4.69, 9.17) is 0 Å². The molecule has 5 rings (SSSR count). The van der Waals surface area contributed by atoms with E-state index in [-0.39, 0.29) is 5.56 Å². The standard InChI is InChI=1S/C23H23N5O3S2/c1-17-7-5-6-10-20(17)33(30,31)27-13-11-26(12-14-27)16-19-15-21(29)28-23(24-19)32-22(25-28)18-8-3-2-4-9-18/h2-10,15H,11-14,16H2,1H3. The minimum absolute atomic E-state index is 0.214. The number of benzene rings is 2. The molecule has 0 spiro atoms. The Morgan fingerprint density at radius 2 is 1.67 bits per heavy atom. The largest absolute Gasteiger partial charge is 0.295 e. The van der Waals surface area contributed by atoms with Crippen molar-refractivity contribution >= 4 is 26.3 Å². The SMILES string of the molecule is Cc1ccccc1S(=O)(=O)N1CCN(Cc2cc(=O)n3nc(-c4ccccc4)sc3n2)CC1. The van der Waals surface area contributed by atoms with Crippen LogP contribution in [0.25, 0.3) is 15.5 Å². The summed E-state index contributed by atoms with van der Waals surface area (Å²) >= 11 is 1.38. The highest BCUT2D eigenvalue weighted by Gasteiger charge is 2.29. The van der Waals surface area contributed by atoms with Gasteiger partial charge in [0.15, 0.2) is 0 Å². The Bertz CT molecular complexity index is 1460. The normalized spacial score (nSPS) is 15.8. The first kappa shape index (κ1) is 21.9. The van der Waals surface area contributed by atoms with Crippen LogP contribution in [0.15, 0.2) is 70.4 Å². The molecule has 0 amide bonds. The van der Waals surface area contributed by atoms with Gasteiger partial charge in [0.25, 0.3) is 5.56 Å². The van der Waals surface area contributed by atoms with Gasteiger partial charge in [0.1, 0.15) is 5.01 Å². The van der Waals surface area contributed by atoms with Crippen LogP contribution in [0, 0.1) is 6.92 Å². The maximum atomic E-state index is 13.0. The van der Waals surface area contributed by atoms with Gasteiger partial charge in [-0.25, -0.2) is 13.4 Å². The topological polar surface area (TPSA) is 87.9 Å². The van der Waals surface area contributed by atoms with Crippen LogP contribution in [-0.2, 0) is 16.6 Å². The van der Waals surface area contributed by atoms with E-state index in [1.54, 1.807) is 12.1 Å². The van der Waals surface area contributed by atoms with Crippen LogP contribution < -0.4 is 5.56 Å². The number of rotatable bonds is 5. The molecule has 0 bridgehead atoms. The second kappa shape index (κ2) is 8.79. The van der Waals surface area contributed by atoms with Crippen molar-refractivity contribution in [2.75, 3.05) is 26.2 Å². The van der Waals surface area contributed by atoms with E-state index in [1.165, 1.54) is 26.2 Å². The second-order valence-electron chi connectivity index (χ2n) is 8.00. The van der Waals surface area contributed by atoms with Gasteiger partial charge in [0.2, 0.25) is 15.0 Å². The summed E-state index contributed by atoms with van der Waals surface area (Å²) < 4.78 is 28.9. The van der Waals surface area contributed by atoms with Gasteiger partial charge < -0.3 is 0 Å². The molecule has 1 fully saturated rings. The van der Waals surface area contributed by atoms with Crippen LogP contribution in [0.5, 0.6) is 0 Å². The molecular weight excluding hydrogens is 458 g/mol. The number of piperazine rings is 1. The molecule has 0 aliphatic carbocycles. The van der Waals surface area contributed by atoms with Gasteiger partial charge in [-0.15, -0.1) is 0 Å². The van der Waals surface area contributed by atoms with E-state index in [1.807, 2.05) is 49.4 Å². The maximum Gasteiger partial charge on any atom is 0.275 e. The fourth-order valence-electron chi connectivity index (χ4n) is 3.98. The van der Waals surface area contributed by atoms with Crippen molar-refractivity contribution in [2.24, 2.45) is 0 Å². The highest BCUT2D eigenvalue weighted by Crippen LogP contribution is 2.24. The van der Waals surface area contributed by atoms with E-state index in [9.17, 15) is 13.2 Å². The fraction of sp³-hybridized carbons (Fsp3) is 0.261. The van der Waals surface area contributed by atoms with Crippen LogP contribution in [-0.4, -0.2) is 58.4 Å². The number of sulfonamides is 1. The van der Waals surface area contributed by atoms with Gasteiger partial charge in [-0.2, -0.15) is 13.9 Å². The van der Waals surface area contributed by atoms with Crippen molar-refractivity contribution in [2.45, 2.75) is 18.4 Å². The molecule has 4 aromatic rings. The van der Waals surface area contributed by atoms with Gasteiger partial charge in [0.05, 0.1) is 10.6 Å². The number of fused-ring (bicyclic) bond motifs is 1. The highest BCUT2D eigenvalue weighted by molar-refractivity contribution is 7.89. The van der Waals surface area contributed by atoms with Crippen molar-refractivity contribution in [3.05, 3.63) is 82.3 Å². The molecule has 170 valence electrons. The smallest absolute Gasteiger partial charge is 0.275 e. The van der Waals surface area contributed by atoms with Crippen LogP contribution in [0.2, 0.25) is 0 Å². The summed E-state index contributed by atoms with van der Waals surface area (Å²) in [4.78, 5) is 20.3. The summed E-state index contributed by atoms with van der Waals surface area (Å²) in [6, 6.07) is 18.3. The Balaban J connectivity index is 1.30. The molecule has 2 aromatic heterocycles.